The Morgan fingerprint density at radius 2 is 2.29 bits per heavy atom. The van der Waals surface area contributed by atoms with Crippen molar-refractivity contribution in [1.82, 2.24) is 0 Å². The molecule has 1 nitrogen and oxygen atoms in total. The Balaban J connectivity index is 2.32. The van der Waals surface area contributed by atoms with Gasteiger partial charge in [0.25, 0.3) is 0 Å². The van der Waals surface area contributed by atoms with Crippen molar-refractivity contribution in [1.29, 1.82) is 0 Å². The van der Waals surface area contributed by atoms with E-state index >= 15 is 0 Å². The van der Waals surface area contributed by atoms with Crippen LogP contribution in [0.25, 0.3) is 0 Å². The third kappa shape index (κ3) is 1.58. The van der Waals surface area contributed by atoms with Crippen LogP contribution in [0.3, 0.4) is 0 Å². The van der Waals surface area contributed by atoms with Gasteiger partial charge in [-0.15, -0.1) is 0 Å². The Kier molecular flexibility index (Phi) is 1.84. The average Bonchev–Trinajstić information content (AvgIpc) is 1.69. The summed E-state index contributed by atoms with van der Waals surface area (Å²) in [5.74, 6) is 0. The van der Waals surface area contributed by atoms with Crippen molar-refractivity contribution in [3.63, 3.8) is 0 Å². The van der Waals surface area contributed by atoms with Gasteiger partial charge in [0.1, 0.15) is 0 Å². The molecule has 1 unspecified atom stereocenters. The molecule has 1 rings (SSSR count). The Hall–Kier alpha value is 0.130. The van der Waals surface area contributed by atoms with Crippen LogP contribution in [-0.2, 0) is 0 Å². The minimum absolute atomic E-state index is 0.0784. The second-order valence-corrected chi connectivity index (χ2v) is 3.74. The van der Waals surface area contributed by atoms with E-state index in [2.05, 4.69) is 12.2 Å². The molecule has 0 aromatic rings. The van der Waals surface area contributed by atoms with Gasteiger partial charge in [0.2, 0.25) is 0 Å². The largest absolute Gasteiger partial charge is 0.309 e. The summed E-state index contributed by atoms with van der Waals surface area (Å²) in [4.78, 5) is 0. The van der Waals surface area contributed by atoms with E-state index in [1.807, 2.05) is 0 Å². The number of allylic oxidation sites excluding steroid dienone is 2. The van der Waals surface area contributed by atoms with Gasteiger partial charge in [-0.05, 0) is 26.8 Å². The topological polar surface area (TPSA) is 26.0 Å². The maximum absolute atomic E-state index is 5.65. The summed E-state index contributed by atoms with van der Waals surface area (Å²) in [5.41, 5.74) is 5.65. The molecule has 1 aliphatic heterocycles. The Morgan fingerprint density at radius 3 is 2.57 bits per heavy atom. The Bertz CT molecular complexity index is 80.1. The van der Waals surface area contributed by atoms with Crippen molar-refractivity contribution in [2.24, 2.45) is 5.50 Å². The van der Waals surface area contributed by atoms with Crippen LogP contribution in [-0.4, -0.2) is 12.3 Å². The highest BCUT2D eigenvalue weighted by atomic mass is 31.1. The quantitative estimate of drug-likeness (QED) is 0.373. The first-order valence-electron chi connectivity index (χ1n) is 2.54. The van der Waals surface area contributed by atoms with Gasteiger partial charge >= 0.3 is 0 Å². The summed E-state index contributed by atoms with van der Waals surface area (Å²) in [5, 5.41) is 0. The van der Waals surface area contributed by atoms with E-state index in [0.717, 1.165) is 6.16 Å². The van der Waals surface area contributed by atoms with Crippen molar-refractivity contribution in [3.8, 4) is 0 Å². The number of rotatable bonds is 0. The highest BCUT2D eigenvalue weighted by Crippen LogP contribution is 2.28. The van der Waals surface area contributed by atoms with Crippen LogP contribution in [0.4, 0.5) is 0 Å². The molecule has 0 spiro atoms. The van der Waals surface area contributed by atoms with Crippen molar-refractivity contribution >= 4 is 8.07 Å². The van der Waals surface area contributed by atoms with Crippen LogP contribution in [0.1, 0.15) is 6.42 Å². The molecule has 0 aromatic carbocycles. The minimum atomic E-state index is -0.0784. The lowest BCUT2D eigenvalue weighted by molar-refractivity contribution is 1.19. The smallest absolute Gasteiger partial charge is 0.00155 e. The third-order valence-corrected chi connectivity index (χ3v) is 2.60. The van der Waals surface area contributed by atoms with Crippen molar-refractivity contribution in [3.05, 3.63) is 12.2 Å². The van der Waals surface area contributed by atoms with E-state index in [0.29, 0.717) is 0 Å². The first-order chi connectivity index (χ1) is 3.39. The van der Waals surface area contributed by atoms with Gasteiger partial charge in [-0.3, -0.25) is 0 Å². The minimum Gasteiger partial charge on any atom is -0.309 e. The first-order valence-corrected chi connectivity index (χ1v) is 4.32. The second-order valence-electron chi connectivity index (χ2n) is 1.76. The van der Waals surface area contributed by atoms with Crippen molar-refractivity contribution in [2.75, 3.05) is 12.3 Å². The van der Waals surface area contributed by atoms with E-state index in [4.69, 9.17) is 5.50 Å². The second kappa shape index (κ2) is 2.44. The molecular weight excluding hydrogens is 105 g/mol. The van der Waals surface area contributed by atoms with Crippen LogP contribution in [0.2, 0.25) is 0 Å². The van der Waals surface area contributed by atoms with E-state index in [1.165, 1.54) is 12.6 Å². The van der Waals surface area contributed by atoms with Crippen LogP contribution in [0, 0.1) is 0 Å². The van der Waals surface area contributed by atoms with Gasteiger partial charge in [-0.2, -0.15) is 0 Å². The summed E-state index contributed by atoms with van der Waals surface area (Å²) < 4.78 is 0. The molecule has 0 radical (unpaired) electrons. The summed E-state index contributed by atoms with van der Waals surface area (Å²) in [6, 6.07) is 0. The first kappa shape index (κ1) is 5.27. The standard InChI is InChI=1S/C5H10NP/c6-7-4-2-1-3-5-7/h1-2H,3-6H2. The van der Waals surface area contributed by atoms with Crippen molar-refractivity contribution < 1.29 is 0 Å². The molecule has 0 saturated heterocycles. The fourth-order valence-electron chi connectivity index (χ4n) is 0.659. The Labute approximate surface area is 45.4 Å². The molecule has 2 N–H and O–H groups in total. The zero-order valence-corrected chi connectivity index (χ0v) is 5.20. The molecule has 7 heavy (non-hydrogen) atoms. The highest BCUT2D eigenvalue weighted by molar-refractivity contribution is 7.55. The molecule has 1 aliphatic rings. The molecule has 1 atom stereocenters. The lowest BCUT2D eigenvalue weighted by atomic mass is 10.4. The van der Waals surface area contributed by atoms with Crippen LogP contribution in [0.5, 0.6) is 0 Å². The predicted octanol–water partition coefficient (Wildman–Crippen LogP) is 1.30. The Morgan fingerprint density at radius 1 is 1.43 bits per heavy atom. The van der Waals surface area contributed by atoms with Crippen LogP contribution >= 0.6 is 8.07 Å². The van der Waals surface area contributed by atoms with Gasteiger partial charge in [-0.25, -0.2) is 0 Å². The molecule has 0 bridgehead atoms. The van der Waals surface area contributed by atoms with Crippen LogP contribution < -0.4 is 5.50 Å². The zero-order chi connectivity index (χ0) is 5.11. The summed E-state index contributed by atoms with van der Waals surface area (Å²) in [7, 11) is -0.0784. The van der Waals surface area contributed by atoms with Gasteiger partial charge in [-0.1, -0.05) is 12.2 Å². The predicted molar refractivity (Wildman–Crippen MR) is 34.6 cm³/mol. The maximum Gasteiger partial charge on any atom is -0.00155 e. The summed E-state index contributed by atoms with van der Waals surface area (Å²) in [6.07, 6.45) is 8.00. The van der Waals surface area contributed by atoms with Gasteiger partial charge in [0, 0.05) is 0 Å². The lowest BCUT2D eigenvalue weighted by Gasteiger charge is -2.10. The van der Waals surface area contributed by atoms with Crippen molar-refractivity contribution in [2.45, 2.75) is 6.42 Å². The average molecular weight is 115 g/mol. The molecule has 1 heterocycles. The third-order valence-electron chi connectivity index (χ3n) is 1.09. The molecule has 2 heteroatoms. The van der Waals surface area contributed by atoms with Crippen LogP contribution in [0.15, 0.2) is 12.2 Å². The molecule has 0 saturated carbocycles. The molecule has 40 valence electrons. The van der Waals surface area contributed by atoms with Gasteiger partial charge in [0.15, 0.2) is 0 Å². The fourth-order valence-corrected chi connectivity index (χ4v) is 1.74. The molecule has 0 aliphatic carbocycles. The van der Waals surface area contributed by atoms with E-state index in [9.17, 15) is 0 Å². The number of nitrogens with two attached hydrogens (primary N) is 1. The zero-order valence-electron chi connectivity index (χ0n) is 4.30. The SMILES string of the molecule is NP1CC=CCC1. The molecule has 0 aromatic heterocycles. The number of hydrogen-bond donors (Lipinski definition) is 1. The van der Waals surface area contributed by atoms with E-state index < -0.39 is 0 Å². The summed E-state index contributed by atoms with van der Waals surface area (Å²) in [6.45, 7) is 0. The number of hydrogen-bond acceptors (Lipinski definition) is 1. The fraction of sp³-hybridized carbons (Fsp3) is 0.600. The normalized spacial score (nSPS) is 30.7. The molecule has 0 fully saturated rings. The van der Waals surface area contributed by atoms with E-state index in [1.54, 1.807) is 0 Å². The monoisotopic (exact) mass is 115 g/mol. The molecular formula is C5H10NP. The van der Waals surface area contributed by atoms with E-state index in [-0.39, 0.29) is 8.07 Å². The maximum atomic E-state index is 5.65. The summed E-state index contributed by atoms with van der Waals surface area (Å²) >= 11 is 0. The molecule has 0 amide bonds. The van der Waals surface area contributed by atoms with Gasteiger partial charge in [0.05, 0.1) is 0 Å². The highest BCUT2D eigenvalue weighted by Gasteiger charge is 2.00. The van der Waals surface area contributed by atoms with Gasteiger partial charge < -0.3 is 5.50 Å². The lowest BCUT2D eigenvalue weighted by Crippen LogP contribution is -1.99.